The van der Waals surface area contributed by atoms with Gasteiger partial charge in [-0.05, 0) is 47.5 Å². The number of para-hydroxylation sites is 1. The van der Waals surface area contributed by atoms with Crippen LogP contribution in [0.15, 0.2) is 112 Å². The summed E-state index contributed by atoms with van der Waals surface area (Å²) in [5.74, 6) is 0.624. The van der Waals surface area contributed by atoms with Crippen molar-refractivity contribution in [2.75, 3.05) is 0 Å². The van der Waals surface area contributed by atoms with E-state index in [-0.39, 0.29) is 5.56 Å². The first-order valence-electron chi connectivity index (χ1n) is 9.64. The average molecular weight is 453 g/mol. The van der Waals surface area contributed by atoms with Crippen LogP contribution in [0.3, 0.4) is 0 Å². The van der Waals surface area contributed by atoms with E-state index >= 15 is 0 Å². The fourth-order valence-corrected chi connectivity index (χ4v) is 4.00. The van der Waals surface area contributed by atoms with E-state index in [1.807, 2.05) is 78.9 Å². The van der Waals surface area contributed by atoms with Gasteiger partial charge < -0.3 is 0 Å². The van der Waals surface area contributed by atoms with Crippen LogP contribution >= 0.6 is 15.9 Å². The molecule has 0 saturated carbocycles. The molecule has 4 heteroatoms. The predicted molar refractivity (Wildman–Crippen MR) is 126 cm³/mol. The van der Waals surface area contributed by atoms with Crippen molar-refractivity contribution in [1.82, 2.24) is 9.55 Å². The Labute approximate surface area is 182 Å². The molecule has 5 rings (SSSR count). The highest BCUT2D eigenvalue weighted by Crippen LogP contribution is 2.28. The van der Waals surface area contributed by atoms with Gasteiger partial charge in [-0.2, -0.15) is 0 Å². The summed E-state index contributed by atoms with van der Waals surface area (Å²) in [7, 11) is 0. The molecule has 0 spiro atoms. The van der Waals surface area contributed by atoms with E-state index in [9.17, 15) is 4.79 Å². The quantitative estimate of drug-likeness (QED) is 0.313. The molecule has 3 nitrogen and oxygen atoms in total. The molecule has 0 N–H and O–H groups in total. The SMILES string of the molecule is O=c1c2cc(Br)ccc2nc(-c2cccc(-c3ccccc3)c2)n1-c1ccccc1. The van der Waals surface area contributed by atoms with Crippen molar-refractivity contribution < 1.29 is 0 Å². The van der Waals surface area contributed by atoms with Crippen LogP contribution in [-0.2, 0) is 0 Å². The highest BCUT2D eigenvalue weighted by atomic mass is 79.9. The Morgan fingerprint density at radius 2 is 1.33 bits per heavy atom. The molecule has 0 aliphatic heterocycles. The second-order valence-electron chi connectivity index (χ2n) is 7.02. The number of halogens is 1. The molecule has 144 valence electrons. The third-order valence-electron chi connectivity index (χ3n) is 5.07. The maximum atomic E-state index is 13.5. The van der Waals surface area contributed by atoms with E-state index in [1.54, 1.807) is 4.57 Å². The topological polar surface area (TPSA) is 34.9 Å². The van der Waals surface area contributed by atoms with E-state index in [1.165, 1.54) is 0 Å². The zero-order valence-corrected chi connectivity index (χ0v) is 17.6. The second kappa shape index (κ2) is 7.73. The van der Waals surface area contributed by atoms with Crippen molar-refractivity contribution >= 4 is 26.8 Å². The Kier molecular flexibility index (Phi) is 4.77. The number of fused-ring (bicyclic) bond motifs is 1. The summed E-state index contributed by atoms with van der Waals surface area (Å²) < 4.78 is 2.55. The first-order valence-corrected chi connectivity index (χ1v) is 10.4. The van der Waals surface area contributed by atoms with Crippen LogP contribution in [0.5, 0.6) is 0 Å². The normalized spacial score (nSPS) is 11.0. The molecule has 0 aliphatic carbocycles. The average Bonchev–Trinajstić information content (AvgIpc) is 2.80. The van der Waals surface area contributed by atoms with Crippen LogP contribution in [0.25, 0.3) is 39.1 Å². The minimum Gasteiger partial charge on any atom is -0.268 e. The molecule has 0 bridgehead atoms. The number of nitrogens with zero attached hydrogens (tertiary/aromatic N) is 2. The zero-order valence-electron chi connectivity index (χ0n) is 16.0. The van der Waals surface area contributed by atoms with Gasteiger partial charge in [0.15, 0.2) is 0 Å². The minimum absolute atomic E-state index is 0.0902. The maximum Gasteiger partial charge on any atom is 0.266 e. The van der Waals surface area contributed by atoms with Crippen molar-refractivity contribution in [3.63, 3.8) is 0 Å². The molecule has 0 atom stereocenters. The Bertz CT molecular complexity index is 1410. The number of hydrogen-bond donors (Lipinski definition) is 0. The summed E-state index contributed by atoms with van der Waals surface area (Å²) in [6, 6.07) is 33.6. The Hall–Kier alpha value is -3.50. The van der Waals surface area contributed by atoms with Gasteiger partial charge in [-0.25, -0.2) is 4.98 Å². The summed E-state index contributed by atoms with van der Waals surface area (Å²) in [6.07, 6.45) is 0. The lowest BCUT2D eigenvalue weighted by atomic mass is 10.0. The van der Waals surface area contributed by atoms with Gasteiger partial charge in [0.25, 0.3) is 5.56 Å². The molecule has 0 amide bonds. The van der Waals surface area contributed by atoms with Gasteiger partial charge in [0.2, 0.25) is 0 Å². The van der Waals surface area contributed by atoms with Gasteiger partial charge in [0.05, 0.1) is 16.6 Å². The molecular formula is C26H17BrN2O. The third-order valence-corrected chi connectivity index (χ3v) is 5.57. The van der Waals surface area contributed by atoms with Crippen molar-refractivity contribution in [3.05, 3.63) is 118 Å². The van der Waals surface area contributed by atoms with Gasteiger partial charge in [-0.3, -0.25) is 9.36 Å². The fraction of sp³-hybridized carbons (Fsp3) is 0. The number of benzene rings is 4. The van der Waals surface area contributed by atoms with Gasteiger partial charge in [-0.1, -0.05) is 82.7 Å². The smallest absolute Gasteiger partial charge is 0.266 e. The number of aromatic nitrogens is 2. The van der Waals surface area contributed by atoms with Crippen molar-refractivity contribution in [1.29, 1.82) is 0 Å². The lowest BCUT2D eigenvalue weighted by Crippen LogP contribution is -2.22. The number of rotatable bonds is 3. The van der Waals surface area contributed by atoms with E-state index in [0.717, 1.165) is 26.9 Å². The monoisotopic (exact) mass is 452 g/mol. The van der Waals surface area contributed by atoms with Crippen molar-refractivity contribution in [3.8, 4) is 28.2 Å². The molecule has 0 aliphatic rings. The molecule has 0 saturated heterocycles. The van der Waals surface area contributed by atoms with E-state index in [0.29, 0.717) is 16.7 Å². The van der Waals surface area contributed by atoms with Crippen LogP contribution < -0.4 is 5.56 Å². The summed E-state index contributed by atoms with van der Waals surface area (Å²) in [4.78, 5) is 18.4. The standard InChI is InChI=1S/C26H17BrN2O/c27-21-14-15-24-23(17-21)26(30)29(22-12-5-2-6-13-22)25(28-24)20-11-7-10-19(16-20)18-8-3-1-4-9-18/h1-17H. The van der Waals surface area contributed by atoms with E-state index in [4.69, 9.17) is 4.98 Å². The summed E-state index contributed by atoms with van der Waals surface area (Å²) in [5, 5.41) is 0.580. The number of hydrogen-bond acceptors (Lipinski definition) is 2. The van der Waals surface area contributed by atoms with Crippen LogP contribution in [-0.4, -0.2) is 9.55 Å². The van der Waals surface area contributed by atoms with Crippen LogP contribution in [0.1, 0.15) is 0 Å². The van der Waals surface area contributed by atoms with Crippen LogP contribution in [0.4, 0.5) is 0 Å². The van der Waals surface area contributed by atoms with E-state index < -0.39 is 0 Å². The Morgan fingerprint density at radius 1 is 0.667 bits per heavy atom. The molecule has 0 unspecified atom stereocenters. The molecule has 1 heterocycles. The highest BCUT2D eigenvalue weighted by molar-refractivity contribution is 9.10. The molecular weight excluding hydrogens is 436 g/mol. The van der Waals surface area contributed by atoms with Gasteiger partial charge >= 0.3 is 0 Å². The second-order valence-corrected chi connectivity index (χ2v) is 7.94. The van der Waals surface area contributed by atoms with Gasteiger partial charge in [0, 0.05) is 10.0 Å². The highest BCUT2D eigenvalue weighted by Gasteiger charge is 2.15. The molecule has 30 heavy (non-hydrogen) atoms. The molecule has 4 aromatic carbocycles. The summed E-state index contributed by atoms with van der Waals surface area (Å²) in [5.41, 5.74) is 4.47. The predicted octanol–water partition coefficient (Wildman–Crippen LogP) is 6.48. The Morgan fingerprint density at radius 3 is 2.10 bits per heavy atom. The van der Waals surface area contributed by atoms with Crippen LogP contribution in [0, 0.1) is 0 Å². The minimum atomic E-state index is -0.0902. The van der Waals surface area contributed by atoms with Crippen LogP contribution in [0.2, 0.25) is 0 Å². The molecule has 5 aromatic rings. The molecule has 0 radical (unpaired) electrons. The lowest BCUT2D eigenvalue weighted by molar-refractivity contribution is 0.976. The first-order chi connectivity index (χ1) is 14.7. The Balaban J connectivity index is 1.81. The summed E-state index contributed by atoms with van der Waals surface area (Å²) in [6.45, 7) is 0. The first kappa shape index (κ1) is 18.5. The summed E-state index contributed by atoms with van der Waals surface area (Å²) >= 11 is 3.47. The zero-order chi connectivity index (χ0) is 20.5. The van der Waals surface area contributed by atoms with E-state index in [2.05, 4.69) is 40.2 Å². The lowest BCUT2D eigenvalue weighted by Gasteiger charge is -2.15. The molecule has 1 aromatic heterocycles. The fourth-order valence-electron chi connectivity index (χ4n) is 3.64. The van der Waals surface area contributed by atoms with Crippen molar-refractivity contribution in [2.24, 2.45) is 0 Å². The van der Waals surface area contributed by atoms with Gasteiger partial charge in [0.1, 0.15) is 5.82 Å². The third kappa shape index (κ3) is 3.36. The largest absolute Gasteiger partial charge is 0.268 e. The molecule has 0 fully saturated rings. The maximum absolute atomic E-state index is 13.5. The van der Waals surface area contributed by atoms with Crippen molar-refractivity contribution in [2.45, 2.75) is 0 Å². The van der Waals surface area contributed by atoms with Gasteiger partial charge in [-0.15, -0.1) is 0 Å².